The van der Waals surface area contributed by atoms with E-state index >= 15 is 0 Å². The minimum atomic E-state index is 0.595. The molecule has 19 heavy (non-hydrogen) atoms. The fourth-order valence-electron chi connectivity index (χ4n) is 1.97. The number of rotatable bonds is 1. The summed E-state index contributed by atoms with van der Waals surface area (Å²) in [4.78, 5) is 14.1. The second-order valence-electron chi connectivity index (χ2n) is 4.08. The molecule has 0 unspecified atom stereocenters. The minimum absolute atomic E-state index is 0.595. The molecule has 6 heteroatoms. The lowest BCUT2D eigenvalue weighted by Crippen LogP contribution is -1.79. The predicted molar refractivity (Wildman–Crippen MR) is 80.4 cm³/mol. The number of nitrogen functional groups attached to an aromatic ring is 1. The lowest BCUT2D eigenvalue weighted by atomic mass is 10.2. The van der Waals surface area contributed by atoms with Crippen molar-refractivity contribution in [1.82, 2.24) is 15.0 Å². The smallest absolute Gasteiger partial charge is 0.181 e. The van der Waals surface area contributed by atoms with E-state index in [1.54, 1.807) is 17.5 Å². The number of hydrogen-bond donors (Lipinski definition) is 1. The summed E-state index contributed by atoms with van der Waals surface area (Å²) in [6, 6.07) is 9.97. The highest BCUT2D eigenvalue weighted by Gasteiger charge is 2.09. The maximum atomic E-state index is 5.72. The van der Waals surface area contributed by atoms with Gasteiger partial charge in [0.15, 0.2) is 5.13 Å². The van der Waals surface area contributed by atoms with Crippen molar-refractivity contribution in [3.8, 4) is 10.6 Å². The van der Waals surface area contributed by atoms with Crippen LogP contribution in [0, 0.1) is 0 Å². The predicted octanol–water partition coefficient (Wildman–Crippen LogP) is 3.55. The fraction of sp³-hybridized carbons (Fsp3) is 0. The van der Waals surface area contributed by atoms with Crippen molar-refractivity contribution >= 4 is 48.4 Å². The van der Waals surface area contributed by atoms with E-state index in [4.69, 9.17) is 5.73 Å². The highest BCUT2D eigenvalue weighted by molar-refractivity contribution is 7.22. The van der Waals surface area contributed by atoms with Crippen LogP contribution in [0.25, 0.3) is 31.1 Å². The van der Waals surface area contributed by atoms with Gasteiger partial charge in [-0.05, 0) is 30.3 Å². The summed E-state index contributed by atoms with van der Waals surface area (Å²) >= 11 is 3.09. The largest absolute Gasteiger partial charge is 0.375 e. The number of pyridine rings is 1. The number of nitrogens with two attached hydrogens (primary N) is 1. The van der Waals surface area contributed by atoms with Crippen molar-refractivity contribution < 1.29 is 0 Å². The lowest BCUT2D eigenvalue weighted by Gasteiger charge is -1.94. The summed E-state index contributed by atoms with van der Waals surface area (Å²) in [7, 11) is 0. The standard InChI is InChI=1S/C13H8N4S2/c14-13-17-8-4-3-7(6-10(8)18-13)11-16-9-2-1-5-15-12(9)19-11/h1-6H,(H2,14,17). The van der Waals surface area contributed by atoms with Gasteiger partial charge >= 0.3 is 0 Å². The van der Waals surface area contributed by atoms with E-state index in [0.717, 1.165) is 31.1 Å². The number of aromatic nitrogens is 3. The van der Waals surface area contributed by atoms with Gasteiger partial charge in [-0.2, -0.15) is 0 Å². The number of anilines is 1. The summed E-state index contributed by atoms with van der Waals surface area (Å²) in [5, 5.41) is 1.57. The zero-order valence-electron chi connectivity index (χ0n) is 9.70. The van der Waals surface area contributed by atoms with E-state index in [2.05, 4.69) is 21.0 Å². The van der Waals surface area contributed by atoms with Crippen LogP contribution in [0.1, 0.15) is 0 Å². The molecule has 0 saturated carbocycles. The maximum absolute atomic E-state index is 5.72. The average molecular weight is 284 g/mol. The van der Waals surface area contributed by atoms with Crippen molar-refractivity contribution in [2.24, 2.45) is 0 Å². The molecule has 0 spiro atoms. The van der Waals surface area contributed by atoms with E-state index < -0.39 is 0 Å². The topological polar surface area (TPSA) is 64.7 Å². The molecule has 0 saturated heterocycles. The van der Waals surface area contributed by atoms with E-state index in [-0.39, 0.29) is 0 Å². The van der Waals surface area contributed by atoms with E-state index in [1.807, 2.05) is 24.3 Å². The average Bonchev–Trinajstić information content (AvgIpc) is 2.99. The third kappa shape index (κ3) is 1.76. The maximum Gasteiger partial charge on any atom is 0.181 e. The van der Waals surface area contributed by atoms with Gasteiger partial charge in [0.1, 0.15) is 15.4 Å². The van der Waals surface area contributed by atoms with Crippen molar-refractivity contribution in [3.05, 3.63) is 36.5 Å². The number of benzene rings is 1. The van der Waals surface area contributed by atoms with Gasteiger partial charge in [0.25, 0.3) is 0 Å². The van der Waals surface area contributed by atoms with Crippen LogP contribution in [0.15, 0.2) is 36.5 Å². The van der Waals surface area contributed by atoms with Gasteiger partial charge in [-0.25, -0.2) is 15.0 Å². The molecule has 3 aromatic heterocycles. The minimum Gasteiger partial charge on any atom is -0.375 e. The van der Waals surface area contributed by atoms with Gasteiger partial charge in [-0.1, -0.05) is 22.7 Å². The van der Waals surface area contributed by atoms with Crippen LogP contribution >= 0.6 is 22.7 Å². The molecule has 3 heterocycles. The molecular weight excluding hydrogens is 276 g/mol. The van der Waals surface area contributed by atoms with E-state index in [9.17, 15) is 0 Å². The van der Waals surface area contributed by atoms with Gasteiger partial charge in [-0.3, -0.25) is 0 Å². The first-order valence-corrected chi connectivity index (χ1v) is 7.31. The monoisotopic (exact) mass is 284 g/mol. The Balaban J connectivity index is 1.92. The van der Waals surface area contributed by atoms with Crippen LogP contribution in [-0.2, 0) is 0 Å². The summed E-state index contributed by atoms with van der Waals surface area (Å²) in [6.45, 7) is 0. The number of hydrogen-bond acceptors (Lipinski definition) is 6. The highest BCUT2D eigenvalue weighted by Crippen LogP contribution is 2.32. The molecule has 0 bridgehead atoms. The zero-order chi connectivity index (χ0) is 12.8. The highest BCUT2D eigenvalue weighted by atomic mass is 32.1. The molecule has 0 amide bonds. The molecule has 2 N–H and O–H groups in total. The van der Waals surface area contributed by atoms with Crippen molar-refractivity contribution in [3.63, 3.8) is 0 Å². The molecule has 4 aromatic rings. The summed E-state index contributed by atoms with van der Waals surface area (Å²) in [5.74, 6) is 0. The van der Waals surface area contributed by atoms with Gasteiger partial charge in [-0.15, -0.1) is 0 Å². The summed E-state index contributed by atoms with van der Waals surface area (Å²) < 4.78 is 1.09. The quantitative estimate of drug-likeness (QED) is 0.580. The normalized spacial score (nSPS) is 11.4. The first kappa shape index (κ1) is 10.8. The van der Waals surface area contributed by atoms with Crippen LogP contribution in [0.3, 0.4) is 0 Å². The lowest BCUT2D eigenvalue weighted by molar-refractivity contribution is 1.41. The number of nitrogens with zero attached hydrogens (tertiary/aromatic N) is 3. The van der Waals surface area contributed by atoms with Gasteiger partial charge in [0, 0.05) is 11.8 Å². The molecular formula is C13H8N4S2. The molecule has 4 nitrogen and oxygen atoms in total. The Morgan fingerprint density at radius 2 is 1.95 bits per heavy atom. The van der Waals surface area contributed by atoms with Crippen LogP contribution in [0.5, 0.6) is 0 Å². The molecule has 0 aliphatic carbocycles. The van der Waals surface area contributed by atoms with Crippen molar-refractivity contribution in [1.29, 1.82) is 0 Å². The van der Waals surface area contributed by atoms with Crippen LogP contribution in [0.2, 0.25) is 0 Å². The SMILES string of the molecule is Nc1nc2ccc(-c3nc4cccnc4s3)cc2s1. The Hall–Kier alpha value is -2.05. The first-order valence-electron chi connectivity index (χ1n) is 5.67. The third-order valence-electron chi connectivity index (χ3n) is 2.82. The first-order chi connectivity index (χ1) is 9.29. The molecule has 4 rings (SSSR count). The molecule has 0 aliphatic heterocycles. The second kappa shape index (κ2) is 3.97. The number of fused-ring (bicyclic) bond motifs is 2. The summed E-state index contributed by atoms with van der Waals surface area (Å²) in [6.07, 6.45) is 1.79. The van der Waals surface area contributed by atoms with Gasteiger partial charge in [0.2, 0.25) is 0 Å². The van der Waals surface area contributed by atoms with Crippen LogP contribution in [-0.4, -0.2) is 15.0 Å². The molecule has 0 aliphatic rings. The van der Waals surface area contributed by atoms with Crippen LogP contribution in [0.4, 0.5) is 5.13 Å². The molecule has 0 radical (unpaired) electrons. The fourth-order valence-corrected chi connectivity index (χ4v) is 3.65. The molecule has 0 atom stereocenters. The summed E-state index contributed by atoms with van der Waals surface area (Å²) in [5.41, 5.74) is 8.68. The Bertz CT molecular complexity index is 861. The van der Waals surface area contributed by atoms with E-state index in [1.165, 1.54) is 11.3 Å². The molecule has 1 aromatic carbocycles. The zero-order valence-corrected chi connectivity index (χ0v) is 11.3. The Morgan fingerprint density at radius 3 is 2.84 bits per heavy atom. The second-order valence-corrected chi connectivity index (χ2v) is 6.12. The molecule has 92 valence electrons. The Kier molecular flexibility index (Phi) is 2.27. The Labute approximate surface area is 116 Å². The van der Waals surface area contributed by atoms with Crippen molar-refractivity contribution in [2.75, 3.05) is 5.73 Å². The third-order valence-corrected chi connectivity index (χ3v) is 4.69. The van der Waals surface area contributed by atoms with Crippen LogP contribution < -0.4 is 5.73 Å². The molecule has 0 fully saturated rings. The van der Waals surface area contributed by atoms with Gasteiger partial charge in [0.05, 0.1) is 10.2 Å². The van der Waals surface area contributed by atoms with Crippen molar-refractivity contribution in [2.45, 2.75) is 0 Å². The van der Waals surface area contributed by atoms with E-state index in [0.29, 0.717) is 5.13 Å². The number of thiazole rings is 2. The Morgan fingerprint density at radius 1 is 1.00 bits per heavy atom. The van der Waals surface area contributed by atoms with Gasteiger partial charge < -0.3 is 5.73 Å².